The van der Waals surface area contributed by atoms with Crippen molar-refractivity contribution >= 4 is 17.8 Å². The molecule has 1 aliphatic rings. The van der Waals surface area contributed by atoms with Crippen LogP contribution < -0.4 is 16.6 Å². The second-order valence-corrected chi connectivity index (χ2v) is 3.37. The Bertz CT molecular complexity index is 465. The minimum Gasteiger partial charge on any atom is -0.467 e. The van der Waals surface area contributed by atoms with E-state index in [4.69, 9.17) is 10.3 Å². The summed E-state index contributed by atoms with van der Waals surface area (Å²) in [5, 5.41) is 2.37. The van der Waals surface area contributed by atoms with Gasteiger partial charge in [-0.3, -0.25) is 19.9 Å². The van der Waals surface area contributed by atoms with Crippen molar-refractivity contribution < 1.29 is 18.8 Å². The molecule has 17 heavy (non-hydrogen) atoms. The first kappa shape index (κ1) is 11.1. The lowest BCUT2D eigenvalue weighted by Gasteiger charge is -2.10. The van der Waals surface area contributed by atoms with Crippen LogP contribution in [0.2, 0.25) is 0 Å². The average Bonchev–Trinajstić information content (AvgIpc) is 2.90. The quantitative estimate of drug-likeness (QED) is 0.268. The fraction of sp³-hybridized carbons (Fsp3) is 0.222. The summed E-state index contributed by atoms with van der Waals surface area (Å²) in [6.07, 6.45) is 1.29. The number of rotatable bonds is 3. The van der Waals surface area contributed by atoms with E-state index in [9.17, 15) is 14.4 Å². The third-order valence-corrected chi connectivity index (χ3v) is 2.36. The summed E-state index contributed by atoms with van der Waals surface area (Å²) >= 11 is 0. The summed E-state index contributed by atoms with van der Waals surface area (Å²) in [4.78, 5) is 34.9. The minimum atomic E-state index is -0.541. The SMILES string of the molecule is NNC(=O)c1ccoc1CN1C(=O)CNC1=O. The van der Waals surface area contributed by atoms with Crippen LogP contribution in [0.3, 0.4) is 0 Å². The highest BCUT2D eigenvalue weighted by atomic mass is 16.3. The molecule has 0 radical (unpaired) electrons. The molecule has 0 aliphatic carbocycles. The van der Waals surface area contributed by atoms with Crippen LogP contribution in [0.1, 0.15) is 16.1 Å². The smallest absolute Gasteiger partial charge is 0.325 e. The molecule has 1 saturated heterocycles. The Morgan fingerprint density at radius 3 is 2.94 bits per heavy atom. The molecule has 4 N–H and O–H groups in total. The number of nitrogens with one attached hydrogen (secondary N) is 2. The van der Waals surface area contributed by atoms with E-state index in [-0.39, 0.29) is 30.3 Å². The molecule has 8 heteroatoms. The van der Waals surface area contributed by atoms with Gasteiger partial charge < -0.3 is 9.73 Å². The van der Waals surface area contributed by atoms with Crippen molar-refractivity contribution in [3.63, 3.8) is 0 Å². The zero-order valence-corrected chi connectivity index (χ0v) is 8.73. The van der Waals surface area contributed by atoms with Crippen LogP contribution in [0, 0.1) is 0 Å². The number of carbonyl (C=O) groups excluding carboxylic acids is 3. The largest absolute Gasteiger partial charge is 0.467 e. The molecule has 4 amide bonds. The maximum Gasteiger partial charge on any atom is 0.325 e. The second kappa shape index (κ2) is 4.26. The molecule has 2 rings (SSSR count). The van der Waals surface area contributed by atoms with Gasteiger partial charge in [0, 0.05) is 0 Å². The van der Waals surface area contributed by atoms with Crippen molar-refractivity contribution in [1.29, 1.82) is 0 Å². The summed E-state index contributed by atoms with van der Waals surface area (Å²) in [7, 11) is 0. The molecule has 90 valence electrons. The Hall–Kier alpha value is -2.35. The van der Waals surface area contributed by atoms with Crippen LogP contribution in [0.5, 0.6) is 0 Å². The number of hydrogen-bond acceptors (Lipinski definition) is 5. The van der Waals surface area contributed by atoms with Crippen molar-refractivity contribution in [3.05, 3.63) is 23.7 Å². The number of nitrogen functional groups attached to an aromatic ring is 1. The summed E-state index contributed by atoms with van der Waals surface area (Å²) in [6.45, 7) is -0.140. The van der Waals surface area contributed by atoms with Gasteiger partial charge >= 0.3 is 6.03 Å². The number of hydrazine groups is 1. The van der Waals surface area contributed by atoms with Gasteiger partial charge in [0.2, 0.25) is 5.91 Å². The molecule has 1 aliphatic heterocycles. The van der Waals surface area contributed by atoms with Gasteiger partial charge in [-0.2, -0.15) is 0 Å². The third-order valence-electron chi connectivity index (χ3n) is 2.36. The average molecular weight is 238 g/mol. The zero-order chi connectivity index (χ0) is 12.4. The molecular formula is C9H10N4O4. The second-order valence-electron chi connectivity index (χ2n) is 3.37. The number of hydrogen-bond donors (Lipinski definition) is 3. The monoisotopic (exact) mass is 238 g/mol. The molecular weight excluding hydrogens is 228 g/mol. The van der Waals surface area contributed by atoms with Gasteiger partial charge in [-0.05, 0) is 6.07 Å². The molecule has 1 aromatic rings. The first-order valence-electron chi connectivity index (χ1n) is 4.79. The van der Waals surface area contributed by atoms with Crippen LogP contribution in [0.15, 0.2) is 16.7 Å². The molecule has 0 spiro atoms. The molecule has 0 unspecified atom stereocenters. The van der Waals surface area contributed by atoms with E-state index >= 15 is 0 Å². The van der Waals surface area contributed by atoms with Gasteiger partial charge in [0.25, 0.3) is 5.91 Å². The molecule has 1 fully saturated rings. The Balaban J connectivity index is 2.19. The first-order chi connectivity index (χ1) is 8.13. The number of carbonyl (C=O) groups is 3. The van der Waals surface area contributed by atoms with Gasteiger partial charge in [0.15, 0.2) is 0 Å². The van der Waals surface area contributed by atoms with Gasteiger partial charge in [0.1, 0.15) is 5.76 Å². The molecule has 0 saturated carbocycles. The predicted molar refractivity (Wildman–Crippen MR) is 54.3 cm³/mol. The fourth-order valence-electron chi connectivity index (χ4n) is 1.50. The van der Waals surface area contributed by atoms with Crippen molar-refractivity contribution in [2.75, 3.05) is 6.54 Å². The highest BCUT2D eigenvalue weighted by Crippen LogP contribution is 2.14. The van der Waals surface area contributed by atoms with Crippen molar-refractivity contribution in [2.45, 2.75) is 6.54 Å². The number of imide groups is 1. The molecule has 0 aromatic carbocycles. The van der Waals surface area contributed by atoms with E-state index < -0.39 is 11.9 Å². The molecule has 0 bridgehead atoms. The standard InChI is InChI=1S/C9H10N4O4/c10-12-8(15)5-1-2-17-6(5)4-13-7(14)3-11-9(13)16/h1-2H,3-4,10H2,(H,11,16)(H,12,15). The topological polar surface area (TPSA) is 118 Å². The normalized spacial score (nSPS) is 15.0. The lowest BCUT2D eigenvalue weighted by Crippen LogP contribution is -2.33. The lowest BCUT2D eigenvalue weighted by molar-refractivity contribution is -0.125. The summed E-state index contributed by atoms with van der Waals surface area (Å²) < 4.78 is 5.06. The predicted octanol–water partition coefficient (Wildman–Crippen LogP) is -1.07. The summed E-state index contributed by atoms with van der Waals surface area (Å²) in [5.41, 5.74) is 2.15. The lowest BCUT2D eigenvalue weighted by atomic mass is 10.2. The molecule has 1 aromatic heterocycles. The highest BCUT2D eigenvalue weighted by molar-refractivity contribution is 6.02. The van der Waals surface area contributed by atoms with Gasteiger partial charge in [0.05, 0.1) is 24.9 Å². The maximum absolute atomic E-state index is 11.3. The minimum absolute atomic E-state index is 0.0437. The van der Waals surface area contributed by atoms with E-state index in [1.807, 2.05) is 5.43 Å². The van der Waals surface area contributed by atoms with Crippen molar-refractivity contribution in [2.24, 2.45) is 5.84 Å². The maximum atomic E-state index is 11.3. The zero-order valence-electron chi connectivity index (χ0n) is 8.73. The van der Waals surface area contributed by atoms with E-state index in [0.29, 0.717) is 0 Å². The number of nitrogens with zero attached hydrogens (tertiary/aromatic N) is 1. The van der Waals surface area contributed by atoms with E-state index in [0.717, 1.165) is 4.90 Å². The Kier molecular flexibility index (Phi) is 2.79. The number of urea groups is 1. The van der Waals surface area contributed by atoms with E-state index in [2.05, 4.69) is 5.32 Å². The van der Waals surface area contributed by atoms with Crippen molar-refractivity contribution in [3.8, 4) is 0 Å². The van der Waals surface area contributed by atoms with Crippen molar-refractivity contribution in [1.82, 2.24) is 15.6 Å². The van der Waals surface area contributed by atoms with Gasteiger partial charge in [-0.25, -0.2) is 10.6 Å². The van der Waals surface area contributed by atoms with Crippen LogP contribution in [0.4, 0.5) is 4.79 Å². The Labute approximate surface area is 95.7 Å². The number of nitrogens with two attached hydrogens (primary N) is 1. The highest BCUT2D eigenvalue weighted by Gasteiger charge is 2.30. The van der Waals surface area contributed by atoms with Crippen LogP contribution in [-0.2, 0) is 11.3 Å². The number of furan rings is 1. The van der Waals surface area contributed by atoms with Crippen LogP contribution >= 0.6 is 0 Å². The number of amides is 4. The van der Waals surface area contributed by atoms with Gasteiger partial charge in [-0.15, -0.1) is 0 Å². The third kappa shape index (κ3) is 1.97. The summed E-state index contributed by atoms with van der Waals surface area (Å²) in [6, 6.07) is 0.904. The van der Waals surface area contributed by atoms with E-state index in [1.54, 1.807) is 0 Å². The van der Waals surface area contributed by atoms with Crippen LogP contribution in [0.25, 0.3) is 0 Å². The molecule has 8 nitrogen and oxygen atoms in total. The molecule has 2 heterocycles. The summed E-state index contributed by atoms with van der Waals surface area (Å²) in [5.74, 6) is 4.29. The Morgan fingerprint density at radius 2 is 2.35 bits per heavy atom. The van der Waals surface area contributed by atoms with E-state index in [1.165, 1.54) is 12.3 Å². The Morgan fingerprint density at radius 1 is 1.59 bits per heavy atom. The van der Waals surface area contributed by atoms with Gasteiger partial charge in [-0.1, -0.05) is 0 Å². The van der Waals surface area contributed by atoms with Crippen LogP contribution in [-0.4, -0.2) is 29.3 Å². The first-order valence-corrected chi connectivity index (χ1v) is 4.79. The molecule has 0 atom stereocenters. The fourth-order valence-corrected chi connectivity index (χ4v) is 1.50.